The van der Waals surface area contributed by atoms with E-state index in [4.69, 9.17) is 10.8 Å². The molecule has 76 valence electrons. The zero-order valence-corrected chi connectivity index (χ0v) is 10.2. The van der Waals surface area contributed by atoms with Gasteiger partial charge in [0.05, 0.1) is 12.3 Å². The molecule has 0 bridgehead atoms. The highest BCUT2D eigenvalue weighted by atomic mass is 79.9. The first kappa shape index (κ1) is 11.7. The van der Waals surface area contributed by atoms with Crippen LogP contribution in [0.5, 0.6) is 0 Å². The minimum Gasteiger partial charge on any atom is -0.453 e. The first-order chi connectivity index (χ1) is 6.83. The lowest BCUT2D eigenvalue weighted by molar-refractivity contribution is 0.469. The lowest BCUT2D eigenvalue weighted by atomic mass is 10.4. The second kappa shape index (κ2) is 6.99. The van der Waals surface area contributed by atoms with Gasteiger partial charge < -0.3 is 9.73 Å². The van der Waals surface area contributed by atoms with Gasteiger partial charge >= 0.3 is 0 Å². The molecule has 1 aromatic rings. The quantitative estimate of drug-likeness (QED) is 0.637. The molecule has 0 spiro atoms. The predicted octanol–water partition coefficient (Wildman–Crippen LogP) is 2.50. The fourth-order valence-electron chi connectivity index (χ4n) is 0.934. The van der Waals surface area contributed by atoms with Gasteiger partial charge in [0.1, 0.15) is 5.76 Å². The summed E-state index contributed by atoms with van der Waals surface area (Å²) in [6.45, 7) is 1.72. The number of hydrogen-bond acceptors (Lipinski definition) is 3. The Kier molecular flexibility index (Phi) is 5.85. The van der Waals surface area contributed by atoms with Crippen LogP contribution in [0.4, 0.5) is 0 Å². The fraction of sp³-hybridized carbons (Fsp3) is 0.400. The molecular formula is C10H12BrNOS. The monoisotopic (exact) mass is 273 g/mol. The summed E-state index contributed by atoms with van der Waals surface area (Å²) in [6.07, 6.45) is 5.13. The van der Waals surface area contributed by atoms with Crippen molar-refractivity contribution in [3.05, 3.63) is 22.6 Å². The first-order valence-corrected chi connectivity index (χ1v) is 6.24. The van der Waals surface area contributed by atoms with Crippen LogP contribution in [0, 0.1) is 12.3 Å². The van der Waals surface area contributed by atoms with Crippen LogP contribution in [0.2, 0.25) is 0 Å². The molecule has 0 radical (unpaired) electrons. The van der Waals surface area contributed by atoms with Gasteiger partial charge in [-0.3, -0.25) is 0 Å². The Morgan fingerprint density at radius 1 is 1.57 bits per heavy atom. The minimum atomic E-state index is 0.766. The number of thioether (sulfide) groups is 1. The highest BCUT2D eigenvalue weighted by Gasteiger charge is 1.97. The van der Waals surface area contributed by atoms with Crippen molar-refractivity contribution < 1.29 is 4.42 Å². The molecule has 1 N–H and O–H groups in total. The topological polar surface area (TPSA) is 25.2 Å². The molecular weight excluding hydrogens is 262 g/mol. The van der Waals surface area contributed by atoms with Gasteiger partial charge in [-0.2, -0.15) is 0 Å². The molecule has 0 unspecified atom stereocenters. The van der Waals surface area contributed by atoms with Gasteiger partial charge in [0, 0.05) is 12.3 Å². The molecule has 0 fully saturated rings. The zero-order valence-electron chi connectivity index (χ0n) is 7.75. The smallest absolute Gasteiger partial charge is 0.169 e. The number of terminal acetylenes is 1. The Balaban J connectivity index is 2.02. The second-order valence-corrected chi connectivity index (χ2v) is 4.53. The van der Waals surface area contributed by atoms with Gasteiger partial charge in [-0.25, -0.2) is 0 Å². The Labute approximate surface area is 97.0 Å². The molecule has 2 nitrogen and oxygen atoms in total. The van der Waals surface area contributed by atoms with Crippen molar-refractivity contribution in [1.82, 2.24) is 5.32 Å². The molecule has 0 aromatic carbocycles. The molecule has 4 heteroatoms. The van der Waals surface area contributed by atoms with Gasteiger partial charge in [0.25, 0.3) is 0 Å². The molecule has 0 amide bonds. The molecule has 1 rings (SSSR count). The van der Waals surface area contributed by atoms with Crippen molar-refractivity contribution in [3.63, 3.8) is 0 Å². The maximum atomic E-state index is 5.33. The predicted molar refractivity (Wildman–Crippen MR) is 64.3 cm³/mol. The maximum absolute atomic E-state index is 5.33. The molecule has 1 heterocycles. The van der Waals surface area contributed by atoms with Crippen molar-refractivity contribution in [2.75, 3.05) is 18.1 Å². The van der Waals surface area contributed by atoms with E-state index in [2.05, 4.69) is 27.2 Å². The van der Waals surface area contributed by atoms with Crippen LogP contribution in [0.15, 0.2) is 21.2 Å². The average molecular weight is 274 g/mol. The summed E-state index contributed by atoms with van der Waals surface area (Å²) in [5, 5.41) is 3.27. The molecule has 0 saturated carbocycles. The molecule has 0 atom stereocenters. The summed E-state index contributed by atoms with van der Waals surface area (Å²) in [5.74, 6) is 5.35. The van der Waals surface area contributed by atoms with Gasteiger partial charge in [0.15, 0.2) is 4.67 Å². The lowest BCUT2D eigenvalue weighted by Crippen LogP contribution is -2.16. The van der Waals surface area contributed by atoms with Crippen molar-refractivity contribution in [2.24, 2.45) is 0 Å². The fourth-order valence-corrected chi connectivity index (χ4v) is 1.82. The first-order valence-electron chi connectivity index (χ1n) is 4.29. The van der Waals surface area contributed by atoms with Crippen LogP contribution in [0.1, 0.15) is 5.76 Å². The number of halogens is 1. The van der Waals surface area contributed by atoms with E-state index in [1.165, 1.54) is 0 Å². The Morgan fingerprint density at radius 3 is 3.07 bits per heavy atom. The summed E-state index contributed by atoms with van der Waals surface area (Å²) in [4.78, 5) is 0. The summed E-state index contributed by atoms with van der Waals surface area (Å²) in [7, 11) is 0. The molecule has 0 saturated heterocycles. The zero-order chi connectivity index (χ0) is 10.2. The second-order valence-electron chi connectivity index (χ2n) is 2.64. The van der Waals surface area contributed by atoms with Crippen molar-refractivity contribution in [1.29, 1.82) is 0 Å². The molecule has 14 heavy (non-hydrogen) atoms. The van der Waals surface area contributed by atoms with E-state index >= 15 is 0 Å². The van der Waals surface area contributed by atoms with Gasteiger partial charge in [-0.05, 0) is 28.1 Å². The normalized spacial score (nSPS) is 10.0. The third kappa shape index (κ3) is 4.75. The maximum Gasteiger partial charge on any atom is 0.169 e. The van der Waals surface area contributed by atoms with Crippen LogP contribution in [-0.4, -0.2) is 18.1 Å². The third-order valence-electron chi connectivity index (χ3n) is 1.54. The molecule has 1 aromatic heterocycles. The minimum absolute atomic E-state index is 0.766. The number of nitrogens with one attached hydrogen (secondary N) is 1. The van der Waals surface area contributed by atoms with E-state index in [0.717, 1.165) is 35.0 Å². The average Bonchev–Trinajstić information content (AvgIpc) is 2.58. The van der Waals surface area contributed by atoms with Crippen LogP contribution < -0.4 is 5.32 Å². The number of furan rings is 1. The van der Waals surface area contributed by atoms with Crippen LogP contribution in [0.25, 0.3) is 0 Å². The van der Waals surface area contributed by atoms with E-state index in [0.29, 0.717) is 0 Å². The standard InChI is InChI=1S/C10H12BrNOS/c1-2-6-14-7-5-12-8-9-3-4-10(11)13-9/h1,3-4,12H,5-8H2. The summed E-state index contributed by atoms with van der Waals surface area (Å²) in [5.41, 5.74) is 0. The summed E-state index contributed by atoms with van der Waals surface area (Å²) in [6, 6.07) is 3.84. The SMILES string of the molecule is C#CCSCCNCc1ccc(Br)o1. The number of hydrogen-bond donors (Lipinski definition) is 1. The van der Waals surface area contributed by atoms with Crippen molar-refractivity contribution in [3.8, 4) is 12.3 Å². The Morgan fingerprint density at radius 2 is 2.43 bits per heavy atom. The van der Waals surface area contributed by atoms with Crippen LogP contribution in [0.3, 0.4) is 0 Å². The summed E-state index contributed by atoms with van der Waals surface area (Å²) < 4.78 is 6.10. The van der Waals surface area contributed by atoms with Crippen LogP contribution in [-0.2, 0) is 6.54 Å². The largest absolute Gasteiger partial charge is 0.453 e. The molecule has 0 aliphatic rings. The highest BCUT2D eigenvalue weighted by Crippen LogP contribution is 2.13. The van der Waals surface area contributed by atoms with E-state index in [1.54, 1.807) is 11.8 Å². The third-order valence-corrected chi connectivity index (χ3v) is 2.83. The van der Waals surface area contributed by atoms with Gasteiger partial charge in [0.2, 0.25) is 0 Å². The summed E-state index contributed by atoms with van der Waals surface area (Å²) >= 11 is 5.01. The van der Waals surface area contributed by atoms with Crippen molar-refractivity contribution in [2.45, 2.75) is 6.54 Å². The highest BCUT2D eigenvalue weighted by molar-refractivity contribution is 9.10. The lowest BCUT2D eigenvalue weighted by Gasteiger charge is -2.00. The Hall–Kier alpha value is -0.370. The molecule has 0 aliphatic heterocycles. The van der Waals surface area contributed by atoms with E-state index in [-0.39, 0.29) is 0 Å². The van der Waals surface area contributed by atoms with E-state index in [9.17, 15) is 0 Å². The van der Waals surface area contributed by atoms with Crippen LogP contribution >= 0.6 is 27.7 Å². The number of rotatable bonds is 6. The van der Waals surface area contributed by atoms with Gasteiger partial charge in [-0.1, -0.05) is 5.92 Å². The van der Waals surface area contributed by atoms with E-state index < -0.39 is 0 Å². The van der Waals surface area contributed by atoms with E-state index in [1.807, 2.05) is 12.1 Å². The van der Waals surface area contributed by atoms with Gasteiger partial charge in [-0.15, -0.1) is 18.2 Å². The Bertz CT molecular complexity index is 305. The molecule has 0 aliphatic carbocycles. The van der Waals surface area contributed by atoms with Crippen molar-refractivity contribution >= 4 is 27.7 Å².